The highest BCUT2D eigenvalue weighted by Crippen LogP contribution is 2.67. The zero-order valence-corrected chi connectivity index (χ0v) is 11.0. The fourth-order valence-corrected chi connectivity index (χ4v) is 2.97. The van der Waals surface area contributed by atoms with Gasteiger partial charge in [0.05, 0.1) is 6.26 Å². The molecule has 1 unspecified atom stereocenters. The first-order valence-electron chi connectivity index (χ1n) is 6.47. The van der Waals surface area contributed by atoms with E-state index in [-0.39, 0.29) is 0 Å². The summed E-state index contributed by atoms with van der Waals surface area (Å²) in [6.07, 6.45) is 6.65. The monoisotopic (exact) mass is 223 g/mol. The summed E-state index contributed by atoms with van der Waals surface area (Å²) in [5, 5.41) is 3.57. The molecule has 1 aliphatic carbocycles. The van der Waals surface area contributed by atoms with Crippen molar-refractivity contribution in [2.45, 2.75) is 46.6 Å². The standard InChI is InChI=1S/C14H25NO/c1-13(2)12(14(13,3)4)10-15-9-11-7-5-6-8-16-11/h6,8,11-12,15H,5,7,9-10H2,1-4H3. The van der Waals surface area contributed by atoms with E-state index in [1.807, 2.05) is 6.26 Å². The van der Waals surface area contributed by atoms with E-state index >= 15 is 0 Å². The molecule has 1 N–H and O–H groups in total. The average molecular weight is 223 g/mol. The lowest BCUT2D eigenvalue weighted by Gasteiger charge is -2.20. The zero-order chi connectivity index (χ0) is 11.8. The quantitative estimate of drug-likeness (QED) is 0.791. The molecule has 16 heavy (non-hydrogen) atoms. The van der Waals surface area contributed by atoms with Gasteiger partial charge in [-0.15, -0.1) is 0 Å². The van der Waals surface area contributed by atoms with E-state index in [4.69, 9.17) is 4.74 Å². The maximum absolute atomic E-state index is 5.54. The summed E-state index contributed by atoms with van der Waals surface area (Å²) in [6.45, 7) is 11.6. The van der Waals surface area contributed by atoms with Crippen LogP contribution in [0.15, 0.2) is 12.3 Å². The number of allylic oxidation sites excluding steroid dienone is 1. The first-order chi connectivity index (χ1) is 7.46. The highest BCUT2D eigenvalue weighted by molar-refractivity contribution is 5.12. The van der Waals surface area contributed by atoms with Crippen LogP contribution in [0, 0.1) is 16.7 Å². The van der Waals surface area contributed by atoms with Crippen molar-refractivity contribution >= 4 is 0 Å². The molecule has 0 amide bonds. The van der Waals surface area contributed by atoms with E-state index in [1.165, 1.54) is 0 Å². The summed E-state index contributed by atoms with van der Waals surface area (Å²) in [6, 6.07) is 0. The van der Waals surface area contributed by atoms with E-state index in [1.54, 1.807) is 0 Å². The normalized spacial score (nSPS) is 31.1. The summed E-state index contributed by atoms with van der Waals surface area (Å²) in [7, 11) is 0. The van der Waals surface area contributed by atoms with Crippen LogP contribution in [-0.4, -0.2) is 19.2 Å². The van der Waals surface area contributed by atoms with Crippen molar-refractivity contribution in [1.82, 2.24) is 5.32 Å². The Balaban J connectivity index is 1.68. The molecule has 2 heteroatoms. The molecule has 0 bridgehead atoms. The highest BCUT2D eigenvalue weighted by Gasteiger charge is 2.63. The first-order valence-corrected chi connectivity index (χ1v) is 6.47. The van der Waals surface area contributed by atoms with Gasteiger partial charge in [0.15, 0.2) is 0 Å². The number of hydrogen-bond donors (Lipinski definition) is 1. The minimum absolute atomic E-state index is 0.384. The molecular weight excluding hydrogens is 198 g/mol. The van der Waals surface area contributed by atoms with Crippen molar-refractivity contribution in [2.75, 3.05) is 13.1 Å². The van der Waals surface area contributed by atoms with Gasteiger partial charge in [0.2, 0.25) is 0 Å². The topological polar surface area (TPSA) is 21.3 Å². The largest absolute Gasteiger partial charge is 0.497 e. The Morgan fingerprint density at radius 2 is 1.88 bits per heavy atom. The van der Waals surface area contributed by atoms with Crippen molar-refractivity contribution < 1.29 is 4.74 Å². The molecule has 0 aromatic rings. The number of rotatable bonds is 4. The fourth-order valence-electron chi connectivity index (χ4n) is 2.97. The average Bonchev–Trinajstić information content (AvgIpc) is 2.62. The summed E-state index contributed by atoms with van der Waals surface area (Å²) in [5.41, 5.74) is 0.987. The van der Waals surface area contributed by atoms with Gasteiger partial charge < -0.3 is 10.1 Å². The van der Waals surface area contributed by atoms with E-state index in [9.17, 15) is 0 Å². The Hall–Kier alpha value is -0.500. The predicted molar refractivity (Wildman–Crippen MR) is 67.2 cm³/mol. The van der Waals surface area contributed by atoms with E-state index in [0.29, 0.717) is 16.9 Å². The van der Waals surface area contributed by atoms with Crippen LogP contribution in [0.25, 0.3) is 0 Å². The summed E-state index contributed by atoms with van der Waals surface area (Å²) < 4.78 is 5.54. The van der Waals surface area contributed by atoms with Gasteiger partial charge in [-0.1, -0.05) is 27.7 Å². The van der Waals surface area contributed by atoms with Crippen LogP contribution in [0.5, 0.6) is 0 Å². The highest BCUT2D eigenvalue weighted by atomic mass is 16.5. The maximum atomic E-state index is 5.54. The lowest BCUT2D eigenvalue weighted by Crippen LogP contribution is -2.31. The molecule has 2 aliphatic rings. The van der Waals surface area contributed by atoms with Crippen LogP contribution < -0.4 is 5.32 Å². The van der Waals surface area contributed by atoms with Gasteiger partial charge in [-0.25, -0.2) is 0 Å². The Kier molecular flexibility index (Phi) is 3.04. The lowest BCUT2D eigenvalue weighted by molar-refractivity contribution is 0.122. The summed E-state index contributed by atoms with van der Waals surface area (Å²) in [4.78, 5) is 0. The van der Waals surface area contributed by atoms with Gasteiger partial charge in [-0.05, 0) is 42.2 Å². The van der Waals surface area contributed by atoms with Gasteiger partial charge in [0, 0.05) is 6.54 Å². The van der Waals surface area contributed by atoms with Gasteiger partial charge in [0.1, 0.15) is 6.10 Å². The second-order valence-electron chi connectivity index (χ2n) is 6.36. The molecule has 1 saturated carbocycles. The van der Waals surface area contributed by atoms with Crippen molar-refractivity contribution in [3.8, 4) is 0 Å². The molecule has 1 heterocycles. The first kappa shape index (κ1) is 12.0. The molecule has 2 nitrogen and oxygen atoms in total. The molecule has 0 aromatic carbocycles. The Bertz CT molecular complexity index is 266. The summed E-state index contributed by atoms with van der Waals surface area (Å²) in [5.74, 6) is 0.805. The van der Waals surface area contributed by atoms with Crippen molar-refractivity contribution in [1.29, 1.82) is 0 Å². The Morgan fingerprint density at radius 3 is 2.38 bits per heavy atom. The molecule has 2 rings (SSSR count). The number of ether oxygens (including phenoxy) is 1. The Labute approximate surface area is 99.4 Å². The molecule has 1 aliphatic heterocycles. The number of hydrogen-bond acceptors (Lipinski definition) is 2. The summed E-state index contributed by atoms with van der Waals surface area (Å²) >= 11 is 0. The lowest BCUT2D eigenvalue weighted by atomic mass is 10.0. The fraction of sp³-hybridized carbons (Fsp3) is 0.857. The van der Waals surface area contributed by atoms with Gasteiger partial charge in [-0.3, -0.25) is 0 Å². The molecule has 0 aromatic heterocycles. The molecule has 0 spiro atoms. The van der Waals surface area contributed by atoms with E-state index in [0.717, 1.165) is 31.8 Å². The van der Waals surface area contributed by atoms with E-state index < -0.39 is 0 Å². The van der Waals surface area contributed by atoms with Gasteiger partial charge in [0.25, 0.3) is 0 Å². The van der Waals surface area contributed by atoms with Crippen LogP contribution in [0.4, 0.5) is 0 Å². The zero-order valence-electron chi connectivity index (χ0n) is 11.0. The molecule has 92 valence electrons. The third-order valence-corrected chi connectivity index (χ3v) is 5.06. The Morgan fingerprint density at radius 1 is 1.19 bits per heavy atom. The van der Waals surface area contributed by atoms with Crippen LogP contribution in [-0.2, 0) is 4.74 Å². The van der Waals surface area contributed by atoms with Crippen LogP contribution in [0.2, 0.25) is 0 Å². The maximum Gasteiger partial charge on any atom is 0.110 e. The molecule has 0 saturated heterocycles. The van der Waals surface area contributed by atoms with Crippen molar-refractivity contribution in [2.24, 2.45) is 16.7 Å². The second kappa shape index (κ2) is 4.06. The minimum atomic E-state index is 0.384. The SMILES string of the molecule is CC1(C)C(CNCC2CCC=CO2)C1(C)C. The van der Waals surface area contributed by atoms with Crippen molar-refractivity contribution in [3.05, 3.63) is 12.3 Å². The third kappa shape index (κ3) is 2.00. The molecule has 0 radical (unpaired) electrons. The minimum Gasteiger partial charge on any atom is -0.497 e. The van der Waals surface area contributed by atoms with E-state index in [2.05, 4.69) is 39.1 Å². The predicted octanol–water partition coefficient (Wildman–Crippen LogP) is 2.95. The van der Waals surface area contributed by atoms with Crippen LogP contribution in [0.3, 0.4) is 0 Å². The molecular formula is C14H25NO. The van der Waals surface area contributed by atoms with Gasteiger partial charge in [-0.2, -0.15) is 0 Å². The second-order valence-corrected chi connectivity index (χ2v) is 6.36. The van der Waals surface area contributed by atoms with Crippen LogP contribution in [0.1, 0.15) is 40.5 Å². The van der Waals surface area contributed by atoms with Gasteiger partial charge >= 0.3 is 0 Å². The number of nitrogens with one attached hydrogen (secondary N) is 1. The molecule has 1 fully saturated rings. The van der Waals surface area contributed by atoms with Crippen molar-refractivity contribution in [3.63, 3.8) is 0 Å². The molecule has 1 atom stereocenters. The third-order valence-electron chi connectivity index (χ3n) is 5.06. The van der Waals surface area contributed by atoms with Crippen LogP contribution >= 0.6 is 0 Å². The smallest absolute Gasteiger partial charge is 0.110 e.